The number of aliphatic carboxylic acids is 1. The van der Waals surface area contributed by atoms with Crippen molar-refractivity contribution in [2.24, 2.45) is 0 Å². The summed E-state index contributed by atoms with van der Waals surface area (Å²) in [5.41, 5.74) is 2.61. The number of aryl methyl sites for hydroxylation is 1. The second kappa shape index (κ2) is 5.25. The quantitative estimate of drug-likeness (QED) is 0.746. The number of ether oxygens (including phenoxy) is 1. The Morgan fingerprint density at radius 2 is 2.19 bits per heavy atom. The SMILES string of the molecule is COc1ccc2cc(C)c3nnc(SCC(=O)O)n3c2c1. The number of carbonyl (C=O) groups is 1. The van der Waals surface area contributed by atoms with Crippen LogP contribution in [0.2, 0.25) is 0 Å². The van der Waals surface area contributed by atoms with Crippen molar-refractivity contribution in [1.82, 2.24) is 14.6 Å². The number of rotatable bonds is 4. The van der Waals surface area contributed by atoms with Crippen LogP contribution in [0.4, 0.5) is 0 Å². The smallest absolute Gasteiger partial charge is 0.313 e. The minimum atomic E-state index is -0.883. The third-order valence-corrected chi connectivity index (χ3v) is 4.08. The lowest BCUT2D eigenvalue weighted by molar-refractivity contribution is -0.133. The second-order valence-electron chi connectivity index (χ2n) is 4.58. The molecule has 0 radical (unpaired) electrons. The predicted octanol–water partition coefficient (Wildman–Crippen LogP) is 2.38. The molecule has 0 fully saturated rings. The van der Waals surface area contributed by atoms with Crippen LogP contribution in [0.5, 0.6) is 5.75 Å². The van der Waals surface area contributed by atoms with E-state index in [4.69, 9.17) is 9.84 Å². The standard InChI is InChI=1S/C14H13N3O3S/c1-8-5-9-3-4-10(20-2)6-11(9)17-13(8)15-16-14(17)21-7-12(18)19/h3-6H,7H2,1-2H3,(H,18,19). The van der Waals surface area contributed by atoms with Crippen molar-refractivity contribution in [3.05, 3.63) is 29.8 Å². The van der Waals surface area contributed by atoms with Crippen molar-refractivity contribution in [3.63, 3.8) is 0 Å². The minimum absolute atomic E-state index is 0.0554. The Bertz CT molecular complexity index is 844. The summed E-state index contributed by atoms with van der Waals surface area (Å²) < 4.78 is 7.14. The summed E-state index contributed by atoms with van der Waals surface area (Å²) in [5.74, 6) is -0.206. The van der Waals surface area contributed by atoms with Gasteiger partial charge in [-0.1, -0.05) is 11.8 Å². The van der Waals surface area contributed by atoms with Gasteiger partial charge in [0.25, 0.3) is 0 Å². The summed E-state index contributed by atoms with van der Waals surface area (Å²) >= 11 is 1.15. The molecular formula is C14H13N3O3S. The monoisotopic (exact) mass is 303 g/mol. The van der Waals surface area contributed by atoms with E-state index in [-0.39, 0.29) is 5.75 Å². The number of pyridine rings is 1. The summed E-state index contributed by atoms with van der Waals surface area (Å²) in [6.07, 6.45) is 0. The van der Waals surface area contributed by atoms with Crippen LogP contribution in [-0.4, -0.2) is 38.5 Å². The van der Waals surface area contributed by atoms with Gasteiger partial charge in [-0.25, -0.2) is 0 Å². The van der Waals surface area contributed by atoms with E-state index in [1.165, 1.54) is 0 Å². The van der Waals surface area contributed by atoms with Gasteiger partial charge in [0, 0.05) is 6.07 Å². The average molecular weight is 303 g/mol. The maximum Gasteiger partial charge on any atom is 0.313 e. The van der Waals surface area contributed by atoms with Crippen LogP contribution >= 0.6 is 11.8 Å². The fourth-order valence-electron chi connectivity index (χ4n) is 2.23. The van der Waals surface area contributed by atoms with Crippen LogP contribution in [0.1, 0.15) is 5.56 Å². The first kappa shape index (κ1) is 13.7. The molecule has 21 heavy (non-hydrogen) atoms. The average Bonchev–Trinajstić information content (AvgIpc) is 2.90. The normalized spacial score (nSPS) is 11.1. The largest absolute Gasteiger partial charge is 0.497 e. The van der Waals surface area contributed by atoms with Crippen molar-refractivity contribution in [2.45, 2.75) is 12.1 Å². The van der Waals surface area contributed by atoms with Crippen LogP contribution in [0, 0.1) is 6.92 Å². The van der Waals surface area contributed by atoms with Crippen LogP contribution in [-0.2, 0) is 4.79 Å². The maximum absolute atomic E-state index is 10.8. The third-order valence-electron chi connectivity index (χ3n) is 3.16. The van der Waals surface area contributed by atoms with Crippen molar-refractivity contribution >= 4 is 34.3 Å². The Kier molecular flexibility index (Phi) is 3.42. The Morgan fingerprint density at radius 1 is 1.38 bits per heavy atom. The molecule has 0 saturated heterocycles. The molecule has 0 bridgehead atoms. The molecule has 2 heterocycles. The molecule has 0 unspecified atom stereocenters. The van der Waals surface area contributed by atoms with Gasteiger partial charge in [-0.15, -0.1) is 10.2 Å². The molecule has 6 nitrogen and oxygen atoms in total. The van der Waals surface area contributed by atoms with E-state index in [2.05, 4.69) is 10.2 Å². The second-order valence-corrected chi connectivity index (χ2v) is 5.52. The van der Waals surface area contributed by atoms with Gasteiger partial charge in [0.15, 0.2) is 10.8 Å². The molecule has 0 aliphatic carbocycles. The third kappa shape index (κ3) is 2.40. The van der Waals surface area contributed by atoms with Crippen molar-refractivity contribution in [2.75, 3.05) is 12.9 Å². The van der Waals surface area contributed by atoms with Gasteiger partial charge in [-0.05, 0) is 36.1 Å². The molecule has 7 heteroatoms. The van der Waals surface area contributed by atoms with Gasteiger partial charge in [0.1, 0.15) is 5.75 Å². The van der Waals surface area contributed by atoms with Gasteiger partial charge in [-0.3, -0.25) is 9.20 Å². The molecule has 0 atom stereocenters. The fraction of sp³-hybridized carbons (Fsp3) is 0.214. The van der Waals surface area contributed by atoms with Crippen LogP contribution in [0.3, 0.4) is 0 Å². The van der Waals surface area contributed by atoms with Crippen molar-refractivity contribution < 1.29 is 14.6 Å². The zero-order chi connectivity index (χ0) is 15.0. The number of fused-ring (bicyclic) bond motifs is 3. The fourth-order valence-corrected chi connectivity index (χ4v) is 2.89. The van der Waals surface area contributed by atoms with E-state index in [9.17, 15) is 4.79 Å². The molecule has 0 aliphatic rings. The van der Waals surface area contributed by atoms with Gasteiger partial charge in [-0.2, -0.15) is 0 Å². The molecule has 3 aromatic rings. The molecule has 0 amide bonds. The highest BCUT2D eigenvalue weighted by atomic mass is 32.2. The summed E-state index contributed by atoms with van der Waals surface area (Å²) in [6.45, 7) is 1.96. The van der Waals surface area contributed by atoms with Gasteiger partial charge < -0.3 is 9.84 Å². The van der Waals surface area contributed by atoms with Crippen LogP contribution < -0.4 is 4.74 Å². The number of nitrogens with zero attached hydrogens (tertiary/aromatic N) is 3. The summed E-state index contributed by atoms with van der Waals surface area (Å²) in [5, 5.41) is 18.7. The summed E-state index contributed by atoms with van der Waals surface area (Å²) in [4.78, 5) is 10.8. The first-order chi connectivity index (χ1) is 10.1. The molecule has 1 N–H and O–H groups in total. The predicted molar refractivity (Wildman–Crippen MR) is 80.1 cm³/mol. The van der Waals surface area contributed by atoms with Crippen LogP contribution in [0.25, 0.3) is 16.6 Å². The molecule has 0 aliphatic heterocycles. The Morgan fingerprint density at radius 3 is 2.90 bits per heavy atom. The Balaban J connectivity index is 2.27. The van der Waals surface area contributed by atoms with E-state index >= 15 is 0 Å². The van der Waals surface area contributed by atoms with Gasteiger partial charge in [0.2, 0.25) is 0 Å². The number of hydrogen-bond donors (Lipinski definition) is 1. The highest BCUT2D eigenvalue weighted by molar-refractivity contribution is 7.99. The lowest BCUT2D eigenvalue weighted by atomic mass is 10.1. The zero-order valence-corrected chi connectivity index (χ0v) is 12.3. The summed E-state index contributed by atoms with van der Waals surface area (Å²) in [6, 6.07) is 7.79. The molecular weight excluding hydrogens is 290 g/mol. The van der Waals surface area contributed by atoms with Gasteiger partial charge >= 0.3 is 5.97 Å². The van der Waals surface area contributed by atoms with Crippen LogP contribution in [0.15, 0.2) is 29.4 Å². The number of thioether (sulfide) groups is 1. The number of hydrogen-bond acceptors (Lipinski definition) is 5. The highest BCUT2D eigenvalue weighted by Gasteiger charge is 2.13. The lowest BCUT2D eigenvalue weighted by Crippen LogP contribution is -2.00. The number of aromatic nitrogens is 3. The Labute approximate surface area is 124 Å². The molecule has 108 valence electrons. The highest BCUT2D eigenvalue weighted by Crippen LogP contribution is 2.28. The number of benzene rings is 1. The molecule has 1 aromatic carbocycles. The van der Waals surface area contributed by atoms with Crippen molar-refractivity contribution in [3.8, 4) is 5.75 Å². The first-order valence-corrected chi connectivity index (χ1v) is 7.26. The number of carboxylic acids is 1. The minimum Gasteiger partial charge on any atom is -0.497 e. The Hall–Kier alpha value is -2.28. The van der Waals surface area contributed by atoms with E-state index in [1.807, 2.05) is 35.6 Å². The first-order valence-electron chi connectivity index (χ1n) is 6.27. The topological polar surface area (TPSA) is 76.7 Å². The number of methoxy groups -OCH3 is 1. The van der Waals surface area contributed by atoms with E-state index < -0.39 is 5.97 Å². The van der Waals surface area contributed by atoms with E-state index in [0.717, 1.165) is 39.6 Å². The lowest BCUT2D eigenvalue weighted by Gasteiger charge is -2.08. The van der Waals surface area contributed by atoms with Crippen molar-refractivity contribution in [1.29, 1.82) is 0 Å². The van der Waals surface area contributed by atoms with E-state index in [0.29, 0.717) is 5.16 Å². The zero-order valence-electron chi connectivity index (χ0n) is 11.5. The van der Waals surface area contributed by atoms with Gasteiger partial charge in [0.05, 0.1) is 18.4 Å². The molecule has 2 aromatic heterocycles. The molecule has 0 saturated carbocycles. The summed E-state index contributed by atoms with van der Waals surface area (Å²) in [7, 11) is 1.61. The maximum atomic E-state index is 10.8. The molecule has 3 rings (SSSR count). The van der Waals surface area contributed by atoms with E-state index in [1.54, 1.807) is 7.11 Å². The number of carboxylic acid groups (broad SMARTS) is 1. The molecule has 0 spiro atoms.